The number of phenolic OH excluding ortho intramolecular Hbond substituents is 1. The van der Waals surface area contributed by atoms with E-state index in [-0.39, 0.29) is 33.7 Å². The lowest BCUT2D eigenvalue weighted by molar-refractivity contribution is -0.113. The van der Waals surface area contributed by atoms with Crippen molar-refractivity contribution in [2.24, 2.45) is 4.99 Å². The zero-order chi connectivity index (χ0) is 27.2. The van der Waals surface area contributed by atoms with Gasteiger partial charge in [-0.15, -0.1) is 0 Å². The zero-order valence-corrected chi connectivity index (χ0v) is 20.9. The first kappa shape index (κ1) is 25.3. The standard InChI is InChI=1S/C26H18N2O8S2/c29-22-11-5-4-9-17(22)15-20-26(30)28(25(27-20)16-7-2-1-3-8-16)21-14-13-18-19(24(21)38(34,35)36)10-6-12-23(18)37(31,32)33/h1-15,29H,(H,31,32,33)(H,34,35,36)/b20-15-. The number of nitrogens with zero attached hydrogens (tertiary/aromatic N) is 2. The number of hydrogen-bond donors (Lipinski definition) is 3. The van der Waals surface area contributed by atoms with Crippen LogP contribution in [0.2, 0.25) is 0 Å². The summed E-state index contributed by atoms with van der Waals surface area (Å²) < 4.78 is 69.0. The summed E-state index contributed by atoms with van der Waals surface area (Å²) in [5.74, 6) is -0.834. The van der Waals surface area contributed by atoms with Crippen LogP contribution in [0.1, 0.15) is 11.1 Å². The number of phenols is 1. The number of para-hydroxylation sites is 1. The molecule has 4 aromatic carbocycles. The first-order valence-electron chi connectivity index (χ1n) is 11.0. The number of carbonyl (C=O) groups is 1. The van der Waals surface area contributed by atoms with Gasteiger partial charge < -0.3 is 5.11 Å². The van der Waals surface area contributed by atoms with Gasteiger partial charge in [-0.25, -0.2) is 4.99 Å². The second-order valence-electron chi connectivity index (χ2n) is 8.25. The second-order valence-corrected chi connectivity index (χ2v) is 11.0. The predicted molar refractivity (Wildman–Crippen MR) is 140 cm³/mol. The number of anilines is 1. The van der Waals surface area contributed by atoms with E-state index in [1.807, 2.05) is 0 Å². The van der Waals surface area contributed by atoms with E-state index in [1.165, 1.54) is 30.3 Å². The van der Waals surface area contributed by atoms with Gasteiger partial charge in [0.05, 0.1) is 5.69 Å². The van der Waals surface area contributed by atoms with Crippen molar-refractivity contribution in [2.45, 2.75) is 9.79 Å². The quantitative estimate of drug-likeness (QED) is 0.249. The van der Waals surface area contributed by atoms with Crippen LogP contribution in [0, 0.1) is 0 Å². The first-order chi connectivity index (χ1) is 18.0. The highest BCUT2D eigenvalue weighted by atomic mass is 32.2. The Morgan fingerprint density at radius 2 is 1.42 bits per heavy atom. The van der Waals surface area contributed by atoms with Crippen molar-refractivity contribution < 1.29 is 35.8 Å². The third-order valence-corrected chi connectivity index (χ3v) is 7.71. The Morgan fingerprint density at radius 1 is 0.737 bits per heavy atom. The van der Waals surface area contributed by atoms with Crippen molar-refractivity contribution >= 4 is 54.5 Å². The Bertz CT molecular complexity index is 1900. The summed E-state index contributed by atoms with van der Waals surface area (Å²) in [5.41, 5.74) is 0.314. The molecule has 4 aromatic rings. The van der Waals surface area contributed by atoms with Crippen LogP contribution in [0.15, 0.2) is 105 Å². The number of benzene rings is 4. The lowest BCUT2D eigenvalue weighted by atomic mass is 10.1. The third-order valence-electron chi connectivity index (χ3n) is 5.85. The monoisotopic (exact) mass is 550 g/mol. The van der Waals surface area contributed by atoms with E-state index in [1.54, 1.807) is 48.5 Å². The van der Waals surface area contributed by atoms with Crippen LogP contribution in [0.3, 0.4) is 0 Å². The van der Waals surface area contributed by atoms with E-state index in [4.69, 9.17) is 0 Å². The summed E-state index contributed by atoms with van der Waals surface area (Å²) in [6.07, 6.45) is 1.34. The van der Waals surface area contributed by atoms with Gasteiger partial charge in [0.25, 0.3) is 26.1 Å². The minimum atomic E-state index is -5.06. The molecule has 3 N–H and O–H groups in total. The van der Waals surface area contributed by atoms with Gasteiger partial charge >= 0.3 is 0 Å². The van der Waals surface area contributed by atoms with Crippen molar-refractivity contribution in [3.63, 3.8) is 0 Å². The summed E-state index contributed by atoms with van der Waals surface area (Å²) in [5, 5.41) is 9.77. The SMILES string of the molecule is O=C1/C(=C/c2ccccc2O)N=C(c2ccccc2)N1c1ccc2c(S(=O)(=O)O)cccc2c1S(=O)(=O)O. The van der Waals surface area contributed by atoms with Crippen LogP contribution in [0.4, 0.5) is 5.69 Å². The van der Waals surface area contributed by atoms with Gasteiger partial charge in [0.15, 0.2) is 0 Å². The van der Waals surface area contributed by atoms with Crippen molar-refractivity contribution in [3.05, 3.63) is 102 Å². The molecule has 1 heterocycles. The Labute approximate surface area is 217 Å². The van der Waals surface area contributed by atoms with Crippen LogP contribution in [-0.2, 0) is 25.0 Å². The molecule has 38 heavy (non-hydrogen) atoms. The van der Waals surface area contributed by atoms with Gasteiger partial charge in [0.1, 0.15) is 27.1 Å². The average Bonchev–Trinajstić information content (AvgIpc) is 3.19. The molecule has 0 atom stereocenters. The van der Waals surface area contributed by atoms with Crippen molar-refractivity contribution in [3.8, 4) is 5.75 Å². The number of aromatic hydroxyl groups is 1. The molecule has 192 valence electrons. The van der Waals surface area contributed by atoms with E-state index >= 15 is 0 Å². The molecular formula is C26H18N2O8S2. The van der Waals surface area contributed by atoms with Crippen LogP contribution in [-0.4, -0.2) is 42.8 Å². The van der Waals surface area contributed by atoms with Crippen molar-refractivity contribution in [1.29, 1.82) is 0 Å². The molecule has 1 amide bonds. The number of amidine groups is 1. The maximum Gasteiger partial charge on any atom is 0.297 e. The Balaban J connectivity index is 1.81. The van der Waals surface area contributed by atoms with E-state index < -0.39 is 35.9 Å². The lowest BCUT2D eigenvalue weighted by Crippen LogP contribution is -2.34. The molecule has 0 spiro atoms. The summed E-state index contributed by atoms with van der Waals surface area (Å²) >= 11 is 0. The second kappa shape index (κ2) is 9.19. The number of rotatable bonds is 5. The van der Waals surface area contributed by atoms with Crippen molar-refractivity contribution in [2.75, 3.05) is 4.90 Å². The molecule has 0 radical (unpaired) electrons. The molecule has 0 aliphatic carbocycles. The molecule has 10 nitrogen and oxygen atoms in total. The van der Waals surface area contributed by atoms with Crippen LogP contribution in [0.5, 0.6) is 5.75 Å². The topological polar surface area (TPSA) is 162 Å². The zero-order valence-electron chi connectivity index (χ0n) is 19.3. The van der Waals surface area contributed by atoms with Gasteiger partial charge in [0.2, 0.25) is 0 Å². The maximum atomic E-state index is 13.7. The first-order valence-corrected chi connectivity index (χ1v) is 13.8. The fourth-order valence-corrected chi connectivity index (χ4v) is 5.83. The van der Waals surface area contributed by atoms with E-state index in [0.29, 0.717) is 11.1 Å². The minimum Gasteiger partial charge on any atom is -0.507 e. The van der Waals surface area contributed by atoms with Gasteiger partial charge in [0, 0.05) is 21.9 Å². The number of carbonyl (C=O) groups excluding carboxylic acids is 1. The highest BCUT2D eigenvalue weighted by Gasteiger charge is 2.37. The van der Waals surface area contributed by atoms with E-state index in [0.717, 1.165) is 17.0 Å². The molecule has 12 heteroatoms. The molecule has 0 aromatic heterocycles. The van der Waals surface area contributed by atoms with Crippen LogP contribution >= 0.6 is 0 Å². The Hall–Kier alpha value is -4.36. The fourth-order valence-electron chi connectivity index (χ4n) is 4.24. The summed E-state index contributed by atoms with van der Waals surface area (Å²) in [4.78, 5) is 17.8. The third kappa shape index (κ3) is 4.46. The molecular weight excluding hydrogens is 532 g/mol. The fraction of sp³-hybridized carbons (Fsp3) is 0. The molecule has 0 unspecified atom stereocenters. The number of fused-ring (bicyclic) bond motifs is 1. The number of hydrogen-bond acceptors (Lipinski definition) is 7. The molecule has 0 bridgehead atoms. The van der Waals surface area contributed by atoms with E-state index in [9.17, 15) is 35.8 Å². The smallest absolute Gasteiger partial charge is 0.297 e. The summed E-state index contributed by atoms with van der Waals surface area (Å²) in [7, 11) is -9.81. The average molecular weight is 551 g/mol. The molecule has 0 fully saturated rings. The Kier molecular flexibility index (Phi) is 6.12. The van der Waals surface area contributed by atoms with Gasteiger partial charge in [-0.3, -0.25) is 18.8 Å². The minimum absolute atomic E-state index is 0.0347. The predicted octanol–water partition coefficient (Wildman–Crippen LogP) is 3.87. The molecule has 0 saturated carbocycles. The van der Waals surface area contributed by atoms with Crippen LogP contribution < -0.4 is 4.90 Å². The molecule has 1 aliphatic heterocycles. The number of amides is 1. The van der Waals surface area contributed by atoms with Gasteiger partial charge in [-0.2, -0.15) is 16.8 Å². The lowest BCUT2D eigenvalue weighted by Gasteiger charge is -2.22. The maximum absolute atomic E-state index is 13.7. The number of aliphatic imine (C=N–C) groups is 1. The highest BCUT2D eigenvalue weighted by Crippen LogP contribution is 2.39. The summed E-state index contributed by atoms with van der Waals surface area (Å²) in [6.45, 7) is 0. The van der Waals surface area contributed by atoms with Crippen LogP contribution in [0.25, 0.3) is 16.8 Å². The summed E-state index contributed by atoms with van der Waals surface area (Å²) in [6, 6.07) is 20.6. The van der Waals surface area contributed by atoms with Gasteiger partial charge in [-0.05, 0) is 24.3 Å². The molecule has 1 aliphatic rings. The normalized spacial score (nSPS) is 15.3. The van der Waals surface area contributed by atoms with Gasteiger partial charge in [-0.1, -0.05) is 66.7 Å². The largest absolute Gasteiger partial charge is 0.507 e. The van der Waals surface area contributed by atoms with Crippen molar-refractivity contribution in [1.82, 2.24) is 0 Å². The van der Waals surface area contributed by atoms with E-state index in [2.05, 4.69) is 4.99 Å². The highest BCUT2D eigenvalue weighted by molar-refractivity contribution is 7.86. The Morgan fingerprint density at radius 3 is 2.08 bits per heavy atom. The molecule has 5 rings (SSSR count). The molecule has 0 saturated heterocycles.